The van der Waals surface area contributed by atoms with Gasteiger partial charge in [0.15, 0.2) is 0 Å². The first-order valence-electron chi connectivity index (χ1n) is 6.31. The van der Waals surface area contributed by atoms with E-state index in [-0.39, 0.29) is 5.69 Å². The summed E-state index contributed by atoms with van der Waals surface area (Å²) >= 11 is 0. The van der Waals surface area contributed by atoms with E-state index < -0.39 is 4.92 Å². The fourth-order valence-electron chi connectivity index (χ4n) is 1.92. The molecule has 1 aromatic heterocycles. The van der Waals surface area contributed by atoms with E-state index in [1.54, 1.807) is 17.8 Å². The van der Waals surface area contributed by atoms with Crippen LogP contribution in [0.2, 0.25) is 0 Å². The van der Waals surface area contributed by atoms with Crippen LogP contribution < -0.4 is 0 Å². The van der Waals surface area contributed by atoms with Crippen molar-refractivity contribution < 1.29 is 4.92 Å². The quantitative estimate of drug-likeness (QED) is 0.613. The molecule has 0 N–H and O–H groups in total. The highest BCUT2D eigenvalue weighted by atomic mass is 16.6. The molecule has 5 nitrogen and oxygen atoms in total. The van der Waals surface area contributed by atoms with Crippen LogP contribution >= 0.6 is 0 Å². The van der Waals surface area contributed by atoms with Gasteiger partial charge >= 0.3 is 0 Å². The summed E-state index contributed by atoms with van der Waals surface area (Å²) in [7, 11) is 1.74. The normalized spacial score (nSPS) is 10.7. The Morgan fingerprint density at radius 1 is 1.33 bits per heavy atom. The molecule has 0 aliphatic carbocycles. The Hall–Kier alpha value is -1.36. The number of aryl methyl sites for hydroxylation is 1. The number of hydrogen-bond acceptors (Lipinski definition) is 3. The van der Waals surface area contributed by atoms with Gasteiger partial charge in [0.2, 0.25) is 0 Å². The van der Waals surface area contributed by atoms with Gasteiger partial charge in [-0.2, -0.15) is 0 Å². The Bertz CT molecular complexity index is 351. The number of aromatic nitrogens is 1. The molecular formula is C13H25N3O2. The lowest BCUT2D eigenvalue weighted by Gasteiger charge is -2.28. The van der Waals surface area contributed by atoms with Crippen molar-refractivity contribution in [3.8, 4) is 0 Å². The average molecular weight is 255 g/mol. The molecule has 18 heavy (non-hydrogen) atoms. The van der Waals surface area contributed by atoms with Gasteiger partial charge in [0.25, 0.3) is 5.69 Å². The van der Waals surface area contributed by atoms with E-state index in [0.29, 0.717) is 12.1 Å². The van der Waals surface area contributed by atoms with Crippen LogP contribution in [-0.2, 0) is 7.05 Å². The van der Waals surface area contributed by atoms with Crippen LogP contribution in [0.3, 0.4) is 0 Å². The van der Waals surface area contributed by atoms with Crippen molar-refractivity contribution in [1.29, 1.82) is 0 Å². The zero-order valence-corrected chi connectivity index (χ0v) is 12.3. The van der Waals surface area contributed by atoms with E-state index in [9.17, 15) is 10.1 Å². The molecule has 0 radical (unpaired) electrons. The second kappa shape index (κ2) is 7.87. The maximum absolute atomic E-state index is 10.0. The summed E-state index contributed by atoms with van der Waals surface area (Å²) in [5.41, 5.74) is 0.137. The smallest absolute Gasteiger partial charge is 0.286 e. The van der Waals surface area contributed by atoms with Gasteiger partial charge in [-0.05, 0) is 34.2 Å². The summed E-state index contributed by atoms with van der Waals surface area (Å²) in [5, 5.41) is 10.0. The SMILES string of the molecule is CCN(C(C)C)C(C)C.Cn1ccc([N+](=O)[O-])c1. The lowest BCUT2D eigenvalue weighted by atomic mass is 10.2. The predicted octanol–water partition coefficient (Wildman–Crippen LogP) is 3.06. The third-order valence-corrected chi connectivity index (χ3v) is 2.72. The first-order chi connectivity index (χ1) is 8.29. The van der Waals surface area contributed by atoms with Gasteiger partial charge in [-0.25, -0.2) is 0 Å². The maximum Gasteiger partial charge on any atom is 0.286 e. The molecule has 0 aliphatic heterocycles. The predicted molar refractivity (Wildman–Crippen MR) is 74.7 cm³/mol. The molecule has 0 atom stereocenters. The minimum Gasteiger partial charge on any atom is -0.351 e. The Kier molecular flexibility index (Phi) is 7.27. The van der Waals surface area contributed by atoms with Crippen LogP contribution in [-0.4, -0.2) is 33.0 Å². The van der Waals surface area contributed by atoms with Gasteiger partial charge in [0.1, 0.15) is 0 Å². The van der Waals surface area contributed by atoms with Crippen molar-refractivity contribution in [2.75, 3.05) is 6.54 Å². The van der Waals surface area contributed by atoms with Gasteiger partial charge in [0.05, 0.1) is 11.1 Å². The molecule has 0 amide bonds. The molecule has 0 spiro atoms. The fraction of sp³-hybridized carbons (Fsp3) is 0.692. The largest absolute Gasteiger partial charge is 0.351 e. The number of nitro groups is 1. The number of rotatable bonds is 4. The lowest BCUT2D eigenvalue weighted by molar-refractivity contribution is -0.384. The zero-order chi connectivity index (χ0) is 14.3. The van der Waals surface area contributed by atoms with Crippen molar-refractivity contribution in [3.63, 3.8) is 0 Å². The number of hydrogen-bond donors (Lipinski definition) is 0. The third kappa shape index (κ3) is 5.82. The molecule has 1 aromatic rings. The lowest BCUT2D eigenvalue weighted by Crippen LogP contribution is -2.36. The van der Waals surface area contributed by atoms with Crippen LogP contribution in [0, 0.1) is 10.1 Å². The second-order valence-electron chi connectivity index (χ2n) is 4.81. The molecule has 0 saturated carbocycles. The monoisotopic (exact) mass is 255 g/mol. The minimum atomic E-state index is -0.417. The van der Waals surface area contributed by atoms with E-state index in [4.69, 9.17) is 0 Å². The highest BCUT2D eigenvalue weighted by Gasteiger charge is 2.09. The summed E-state index contributed by atoms with van der Waals surface area (Å²) in [6, 6.07) is 2.84. The Morgan fingerprint density at radius 3 is 1.94 bits per heavy atom. The second-order valence-corrected chi connectivity index (χ2v) is 4.81. The van der Waals surface area contributed by atoms with Crippen molar-refractivity contribution in [2.45, 2.75) is 46.7 Å². The molecule has 0 bridgehead atoms. The van der Waals surface area contributed by atoms with E-state index in [1.165, 1.54) is 12.3 Å². The molecule has 0 unspecified atom stereocenters. The van der Waals surface area contributed by atoms with Gasteiger partial charge in [-0.1, -0.05) is 6.92 Å². The molecule has 0 fully saturated rings. The van der Waals surface area contributed by atoms with Crippen molar-refractivity contribution in [3.05, 3.63) is 28.6 Å². The van der Waals surface area contributed by atoms with Gasteiger partial charge < -0.3 is 4.57 Å². The average Bonchev–Trinajstić information content (AvgIpc) is 2.65. The van der Waals surface area contributed by atoms with Crippen molar-refractivity contribution in [1.82, 2.24) is 9.47 Å². The minimum absolute atomic E-state index is 0.137. The molecule has 0 aromatic carbocycles. The van der Waals surface area contributed by atoms with Crippen LogP contribution in [0.4, 0.5) is 5.69 Å². The highest BCUT2D eigenvalue weighted by molar-refractivity contribution is 5.25. The molecule has 104 valence electrons. The van der Waals surface area contributed by atoms with Crippen molar-refractivity contribution >= 4 is 5.69 Å². The van der Waals surface area contributed by atoms with Gasteiger partial charge in [0, 0.05) is 31.4 Å². The first kappa shape index (κ1) is 16.6. The van der Waals surface area contributed by atoms with E-state index in [0.717, 1.165) is 6.54 Å². The third-order valence-electron chi connectivity index (χ3n) is 2.72. The van der Waals surface area contributed by atoms with Crippen LogP contribution in [0.1, 0.15) is 34.6 Å². The van der Waals surface area contributed by atoms with E-state index in [1.807, 2.05) is 0 Å². The molecule has 0 saturated heterocycles. The first-order valence-corrected chi connectivity index (χ1v) is 6.31. The molecule has 1 rings (SSSR count). The summed E-state index contributed by atoms with van der Waals surface area (Å²) in [5.74, 6) is 0. The van der Waals surface area contributed by atoms with Gasteiger partial charge in [-0.15, -0.1) is 0 Å². The molecular weight excluding hydrogens is 230 g/mol. The fourth-order valence-corrected chi connectivity index (χ4v) is 1.92. The van der Waals surface area contributed by atoms with Crippen LogP contribution in [0.25, 0.3) is 0 Å². The summed E-state index contributed by atoms with van der Waals surface area (Å²) in [4.78, 5) is 12.0. The Balaban J connectivity index is 0.000000321. The summed E-state index contributed by atoms with van der Waals surface area (Å²) in [6.07, 6.45) is 3.10. The molecule has 5 heteroatoms. The Morgan fingerprint density at radius 2 is 1.83 bits per heavy atom. The Labute approximate surface area is 110 Å². The topological polar surface area (TPSA) is 51.3 Å². The van der Waals surface area contributed by atoms with E-state index in [2.05, 4.69) is 39.5 Å². The standard InChI is InChI=1S/C8H19N.C5H6N2O2/c1-6-9(7(2)3)8(4)5;1-6-3-2-5(4-6)7(8)9/h7-8H,6H2,1-5H3;2-4H,1H3. The highest BCUT2D eigenvalue weighted by Crippen LogP contribution is 2.08. The molecule has 0 aliphatic rings. The van der Waals surface area contributed by atoms with Crippen LogP contribution in [0.15, 0.2) is 18.5 Å². The van der Waals surface area contributed by atoms with Crippen molar-refractivity contribution in [2.24, 2.45) is 7.05 Å². The van der Waals surface area contributed by atoms with Crippen LogP contribution in [0.5, 0.6) is 0 Å². The zero-order valence-electron chi connectivity index (χ0n) is 12.3. The van der Waals surface area contributed by atoms with E-state index >= 15 is 0 Å². The number of nitrogens with zero attached hydrogens (tertiary/aromatic N) is 3. The summed E-state index contributed by atoms with van der Waals surface area (Å²) < 4.78 is 1.64. The summed E-state index contributed by atoms with van der Waals surface area (Å²) in [6.45, 7) is 12.3. The molecule has 1 heterocycles. The maximum atomic E-state index is 10.0. The van der Waals surface area contributed by atoms with Gasteiger partial charge in [-0.3, -0.25) is 15.0 Å².